The lowest BCUT2D eigenvalue weighted by molar-refractivity contribution is -0.192. The van der Waals surface area contributed by atoms with Crippen LogP contribution in [0, 0.1) is 0 Å². The minimum Gasteiger partial charge on any atom is -0.475 e. The van der Waals surface area contributed by atoms with Crippen LogP contribution in [0.3, 0.4) is 0 Å². The first-order chi connectivity index (χ1) is 13.6. The van der Waals surface area contributed by atoms with Crippen molar-refractivity contribution in [3.63, 3.8) is 0 Å². The predicted molar refractivity (Wildman–Crippen MR) is 97.1 cm³/mol. The molecule has 0 radical (unpaired) electrons. The number of pyridine rings is 1. The van der Waals surface area contributed by atoms with Crippen molar-refractivity contribution in [2.24, 2.45) is 0 Å². The molecule has 2 N–H and O–H groups in total. The number of urea groups is 1. The third-order valence-corrected chi connectivity index (χ3v) is 4.70. The Hall–Kier alpha value is -2.40. The van der Waals surface area contributed by atoms with Gasteiger partial charge in [0.05, 0.1) is 12.1 Å². The zero-order valence-corrected chi connectivity index (χ0v) is 16.2. The number of nitrogens with one attached hydrogen (secondary N) is 1. The van der Waals surface area contributed by atoms with Gasteiger partial charge in [-0.05, 0) is 24.5 Å². The minimum absolute atomic E-state index is 0.0527. The Morgan fingerprint density at radius 1 is 1.41 bits per heavy atom. The van der Waals surface area contributed by atoms with Crippen LogP contribution in [0.25, 0.3) is 0 Å². The van der Waals surface area contributed by atoms with E-state index < -0.39 is 12.1 Å². The van der Waals surface area contributed by atoms with Crippen LogP contribution in [0.15, 0.2) is 24.5 Å². The molecule has 2 aliphatic heterocycles. The van der Waals surface area contributed by atoms with Crippen molar-refractivity contribution < 1.29 is 32.6 Å². The minimum atomic E-state index is -5.08. The molecular weight excluding hydrogens is 393 g/mol. The molecule has 0 saturated carbocycles. The molecule has 2 amide bonds. The summed E-state index contributed by atoms with van der Waals surface area (Å²) in [6.45, 7) is 2.47. The molecule has 29 heavy (non-hydrogen) atoms. The first-order valence-corrected chi connectivity index (χ1v) is 9.12. The summed E-state index contributed by atoms with van der Waals surface area (Å²) in [6, 6.07) is 4.43. The fourth-order valence-electron chi connectivity index (χ4n) is 3.38. The quantitative estimate of drug-likeness (QED) is 0.776. The Morgan fingerprint density at radius 2 is 2.10 bits per heavy atom. The Kier molecular flexibility index (Phi) is 7.80. The molecule has 0 spiro atoms. The van der Waals surface area contributed by atoms with Crippen molar-refractivity contribution in [1.29, 1.82) is 0 Å². The average Bonchev–Trinajstić information content (AvgIpc) is 3.00. The molecule has 2 aliphatic rings. The van der Waals surface area contributed by atoms with Crippen molar-refractivity contribution in [2.45, 2.75) is 43.8 Å². The van der Waals surface area contributed by atoms with Gasteiger partial charge in [0.15, 0.2) is 0 Å². The largest absolute Gasteiger partial charge is 0.490 e. The molecule has 0 bridgehead atoms. The van der Waals surface area contributed by atoms with Gasteiger partial charge in [0.1, 0.15) is 0 Å². The molecule has 3 atom stereocenters. The summed E-state index contributed by atoms with van der Waals surface area (Å²) in [6.07, 6.45) is 0.914. The zero-order chi connectivity index (χ0) is 21.6. The number of hydrogen-bond donors (Lipinski definition) is 2. The molecule has 3 heterocycles. The lowest BCUT2D eigenvalue weighted by Gasteiger charge is -2.32. The number of nitrogens with zero attached hydrogens (tertiary/aromatic N) is 3. The monoisotopic (exact) mass is 418 g/mol. The molecule has 3 rings (SSSR count). The summed E-state index contributed by atoms with van der Waals surface area (Å²) in [7, 11) is 3.52. The molecule has 11 heteroatoms. The van der Waals surface area contributed by atoms with E-state index in [1.807, 2.05) is 12.3 Å². The van der Waals surface area contributed by atoms with Crippen LogP contribution in [0.2, 0.25) is 0 Å². The maximum absolute atomic E-state index is 12.0. The van der Waals surface area contributed by atoms with Gasteiger partial charge < -0.3 is 20.1 Å². The van der Waals surface area contributed by atoms with E-state index in [1.165, 1.54) is 5.56 Å². The topological polar surface area (TPSA) is 95.0 Å². The van der Waals surface area contributed by atoms with Crippen LogP contribution < -0.4 is 5.32 Å². The number of aliphatic carboxylic acids is 1. The second-order valence-electron chi connectivity index (χ2n) is 7.09. The molecule has 1 aromatic rings. The van der Waals surface area contributed by atoms with Gasteiger partial charge in [-0.2, -0.15) is 13.2 Å². The summed E-state index contributed by atoms with van der Waals surface area (Å²) in [5.41, 5.74) is 1.20. The van der Waals surface area contributed by atoms with Crippen LogP contribution >= 0.6 is 0 Å². The number of alkyl halides is 3. The van der Waals surface area contributed by atoms with Crippen molar-refractivity contribution in [1.82, 2.24) is 20.1 Å². The Morgan fingerprint density at radius 3 is 2.66 bits per heavy atom. The highest BCUT2D eigenvalue weighted by Crippen LogP contribution is 2.30. The zero-order valence-electron chi connectivity index (χ0n) is 16.2. The number of carbonyl (C=O) groups is 2. The number of carbonyl (C=O) groups excluding carboxylic acids is 1. The average molecular weight is 418 g/mol. The summed E-state index contributed by atoms with van der Waals surface area (Å²) in [4.78, 5) is 29.0. The van der Waals surface area contributed by atoms with Crippen molar-refractivity contribution in [3.8, 4) is 0 Å². The van der Waals surface area contributed by atoms with E-state index in [9.17, 15) is 18.0 Å². The summed E-state index contributed by atoms with van der Waals surface area (Å²) in [5, 5.41) is 10.2. The Bertz CT molecular complexity index is 687. The molecule has 0 aromatic carbocycles. The first kappa shape index (κ1) is 22.9. The van der Waals surface area contributed by atoms with Crippen LogP contribution in [0.1, 0.15) is 18.4 Å². The van der Waals surface area contributed by atoms with Crippen LogP contribution in [-0.4, -0.2) is 83.5 Å². The molecule has 1 aromatic heterocycles. The van der Waals surface area contributed by atoms with Gasteiger partial charge in [-0.15, -0.1) is 0 Å². The van der Waals surface area contributed by atoms with Crippen molar-refractivity contribution >= 4 is 12.0 Å². The molecule has 2 saturated heterocycles. The van der Waals surface area contributed by atoms with E-state index in [1.54, 1.807) is 25.2 Å². The summed E-state index contributed by atoms with van der Waals surface area (Å²) < 4.78 is 37.7. The van der Waals surface area contributed by atoms with Crippen LogP contribution in [-0.2, 0) is 16.1 Å². The molecule has 2 fully saturated rings. The van der Waals surface area contributed by atoms with E-state index >= 15 is 0 Å². The molecular formula is C18H25F3N4O4. The maximum atomic E-state index is 12.0. The fraction of sp³-hybridized carbons (Fsp3) is 0.611. The third-order valence-electron chi connectivity index (χ3n) is 4.70. The van der Waals surface area contributed by atoms with E-state index in [0.29, 0.717) is 6.04 Å². The van der Waals surface area contributed by atoms with E-state index in [-0.39, 0.29) is 18.2 Å². The molecule has 162 valence electrons. The van der Waals surface area contributed by atoms with Gasteiger partial charge in [-0.3, -0.25) is 9.88 Å². The lowest BCUT2D eigenvalue weighted by atomic mass is 10.0. The number of hydrogen-bond acceptors (Lipinski definition) is 5. The fourth-order valence-corrected chi connectivity index (χ4v) is 3.38. The van der Waals surface area contributed by atoms with E-state index in [4.69, 9.17) is 14.6 Å². The van der Waals surface area contributed by atoms with Gasteiger partial charge in [0.25, 0.3) is 0 Å². The van der Waals surface area contributed by atoms with E-state index in [0.717, 1.165) is 32.5 Å². The number of fused-ring (bicyclic) bond motifs is 1. The van der Waals surface area contributed by atoms with Crippen LogP contribution in [0.5, 0.6) is 0 Å². The predicted octanol–water partition coefficient (Wildman–Crippen LogP) is 1.72. The molecule has 0 aliphatic carbocycles. The second-order valence-corrected chi connectivity index (χ2v) is 7.09. The highest BCUT2D eigenvalue weighted by molar-refractivity contribution is 5.74. The summed E-state index contributed by atoms with van der Waals surface area (Å²) in [5.74, 6) is -2.76. The lowest BCUT2D eigenvalue weighted by Crippen LogP contribution is -2.50. The van der Waals surface area contributed by atoms with Crippen LogP contribution in [0.4, 0.5) is 18.0 Å². The maximum Gasteiger partial charge on any atom is 0.490 e. The number of halogens is 3. The first-order valence-electron chi connectivity index (χ1n) is 9.12. The van der Waals surface area contributed by atoms with Gasteiger partial charge in [0, 0.05) is 52.2 Å². The Labute approximate surface area is 166 Å². The van der Waals surface area contributed by atoms with E-state index in [2.05, 4.69) is 21.3 Å². The Balaban J connectivity index is 0.000000370. The number of carboxylic acids is 1. The normalized spacial score (nSPS) is 24.1. The number of rotatable bonds is 3. The number of aromatic nitrogens is 1. The second kappa shape index (κ2) is 9.88. The van der Waals surface area contributed by atoms with Gasteiger partial charge in [0.2, 0.25) is 0 Å². The number of likely N-dealkylation sites (tertiary alicyclic amines) is 1. The summed E-state index contributed by atoms with van der Waals surface area (Å²) >= 11 is 0. The number of ether oxygens (including phenoxy) is 1. The molecule has 0 unspecified atom stereocenters. The SMILES string of the molecule is CN(C)C(=O)N[C@@H]1CN(Cc2cccnc2)[C@@H]2CCCO[C@@H]21.O=C(O)C(F)(F)F. The van der Waals surface area contributed by atoms with Gasteiger partial charge >= 0.3 is 18.2 Å². The highest BCUT2D eigenvalue weighted by atomic mass is 19.4. The highest BCUT2D eigenvalue weighted by Gasteiger charge is 2.44. The smallest absolute Gasteiger partial charge is 0.475 e. The third kappa shape index (κ3) is 6.57. The number of carboxylic acid groups (broad SMARTS) is 1. The molecule has 8 nitrogen and oxygen atoms in total. The standard InChI is InChI=1S/C16H24N4O2.C2HF3O2/c1-19(2)16(21)18-13-11-20(10-12-5-3-7-17-9-12)14-6-4-8-22-15(13)14;3-2(4,5)1(6)7/h3,5,7,9,13-15H,4,6,8,10-11H2,1-2H3,(H,18,21);(H,6,7)/t13-,14-,15-;/m1./s1. The van der Waals surface area contributed by atoms with Gasteiger partial charge in [-0.1, -0.05) is 6.07 Å². The van der Waals surface area contributed by atoms with Crippen molar-refractivity contribution in [3.05, 3.63) is 30.1 Å². The van der Waals surface area contributed by atoms with Crippen molar-refractivity contribution in [2.75, 3.05) is 27.2 Å². The number of amides is 2. The van der Waals surface area contributed by atoms with Gasteiger partial charge in [-0.25, -0.2) is 9.59 Å².